The maximum Gasteiger partial charge on any atom is 0.269 e. The largest absolute Gasteiger partial charge is 0.389 e. The molecular weight excluding hydrogens is 955 g/mol. The average molecular weight is 1030 g/mol. The Hall–Kier alpha value is -6.92. The first-order chi connectivity index (χ1) is 34.8. The van der Waals surface area contributed by atoms with E-state index < -0.39 is 109 Å². The van der Waals surface area contributed by atoms with Crippen LogP contribution in [0.15, 0.2) is 29.3 Å². The number of primary amides is 1. The molecule has 1 aliphatic rings. The first-order valence-electron chi connectivity index (χ1n) is 24.2. The zero-order valence-electron chi connectivity index (χ0n) is 41.6. The van der Waals surface area contributed by atoms with Gasteiger partial charge in [-0.1, -0.05) is 12.5 Å². The summed E-state index contributed by atoms with van der Waals surface area (Å²) >= 11 is 0. The fourth-order valence-electron chi connectivity index (χ4n) is 7.32. The van der Waals surface area contributed by atoms with Crippen molar-refractivity contribution in [3.8, 4) is 0 Å². The molecule has 2 rings (SSSR count). The number of aliphatic imine (C=N–C) groups is 1. The maximum absolute atomic E-state index is 14.1. The van der Waals surface area contributed by atoms with E-state index in [1.165, 1.54) is 30.4 Å². The Kier molecular flexibility index (Phi) is 28.7. The molecule has 29 nitrogen and oxygen atoms in total. The molecule has 0 spiro atoms. The normalized spacial score (nSPS) is 16.2. The van der Waals surface area contributed by atoms with Gasteiger partial charge in [-0.2, -0.15) is 0 Å². The number of likely N-dealkylation sites (tertiary alicyclic amines) is 1. The van der Waals surface area contributed by atoms with Crippen LogP contribution in [0.3, 0.4) is 0 Å². The minimum atomic E-state index is -1.56. The van der Waals surface area contributed by atoms with Crippen molar-refractivity contribution in [1.29, 1.82) is 5.41 Å². The molecule has 29 heteroatoms. The minimum absolute atomic E-state index is 0.0743. The van der Waals surface area contributed by atoms with Crippen LogP contribution in [0.2, 0.25) is 0 Å². The monoisotopic (exact) mass is 1030 g/mol. The minimum Gasteiger partial charge on any atom is -0.389 e. The highest BCUT2D eigenvalue weighted by atomic mass is 16.3. The number of nitrogens with one attached hydrogen (secondary N) is 10. The number of aromatic amines is 1. The Morgan fingerprint density at radius 2 is 1.59 bits per heavy atom. The summed E-state index contributed by atoms with van der Waals surface area (Å²) in [4.78, 5) is 132. The fourth-order valence-corrected chi connectivity index (χ4v) is 7.32. The van der Waals surface area contributed by atoms with E-state index in [0.717, 1.165) is 13.0 Å². The van der Waals surface area contributed by atoms with Crippen molar-refractivity contribution in [3.63, 3.8) is 0 Å². The molecule has 73 heavy (non-hydrogen) atoms. The van der Waals surface area contributed by atoms with Gasteiger partial charge in [-0.3, -0.25) is 48.6 Å². The van der Waals surface area contributed by atoms with Gasteiger partial charge in [-0.05, 0) is 97.8 Å². The number of aliphatic hydroxyl groups is 1. The number of amides is 9. The number of H-pyrrole nitrogens is 1. The number of aliphatic hydroxyl groups excluding tert-OH is 1. The van der Waals surface area contributed by atoms with Gasteiger partial charge in [0.05, 0.1) is 25.0 Å². The van der Waals surface area contributed by atoms with Gasteiger partial charge in [0.1, 0.15) is 41.6 Å². The van der Waals surface area contributed by atoms with Gasteiger partial charge in [-0.15, -0.1) is 0 Å². The number of rotatable bonds is 34. The number of nitrogens with zero attached hydrogens (tertiary/aromatic N) is 3. The lowest BCUT2D eigenvalue weighted by atomic mass is 10.1. The number of guanidine groups is 1. The molecule has 0 radical (unpaired) electrons. The summed E-state index contributed by atoms with van der Waals surface area (Å²) < 4.78 is 0. The Morgan fingerprint density at radius 1 is 0.877 bits per heavy atom. The molecule has 2 heterocycles. The van der Waals surface area contributed by atoms with Crippen molar-refractivity contribution in [2.45, 2.75) is 126 Å². The number of unbranched alkanes of at least 4 members (excludes halogenated alkanes) is 2. The van der Waals surface area contributed by atoms with Crippen molar-refractivity contribution in [3.05, 3.63) is 30.0 Å². The molecule has 0 saturated carbocycles. The molecule has 1 aliphatic heterocycles. The van der Waals surface area contributed by atoms with Crippen LogP contribution < -0.4 is 76.9 Å². The van der Waals surface area contributed by atoms with Crippen molar-refractivity contribution < 1.29 is 48.3 Å². The molecule has 0 bridgehead atoms. The first kappa shape index (κ1) is 62.2. The number of imidazole rings is 1. The number of hydrogen-bond donors (Lipinski definition) is 17. The number of carbonyl (C=O) groups excluding carboxylic acids is 9. The van der Waals surface area contributed by atoms with Crippen LogP contribution in [-0.2, 0) is 49.6 Å². The van der Waals surface area contributed by atoms with Gasteiger partial charge in [0.25, 0.3) is 17.7 Å². The predicted molar refractivity (Wildman–Crippen MR) is 268 cm³/mol. The van der Waals surface area contributed by atoms with Crippen molar-refractivity contribution >= 4 is 64.8 Å². The van der Waals surface area contributed by atoms with Gasteiger partial charge in [-0.25, -0.2) is 9.98 Å². The molecule has 0 aliphatic carbocycles. The van der Waals surface area contributed by atoms with Crippen molar-refractivity contribution in [1.82, 2.24) is 57.4 Å². The highest BCUT2D eigenvalue weighted by Gasteiger charge is 2.38. The second-order valence-corrected chi connectivity index (χ2v) is 17.2. The van der Waals surface area contributed by atoms with E-state index in [2.05, 4.69) is 57.5 Å². The third-order valence-corrected chi connectivity index (χ3v) is 11.4. The van der Waals surface area contributed by atoms with Crippen LogP contribution in [0, 0.1) is 5.41 Å². The van der Waals surface area contributed by atoms with Crippen LogP contribution >= 0.6 is 0 Å². The SMILES string of the molecule is CNCCCC[C@H](N)C(=O)N[C@H](C(=O)N[C@@H](C)C(=O)NCC(=O)/N=C(\CCCN)C(=O)N1CCC[C@H]1C(=O)N[C@@H](Cc1cnc[nH]1)C(=O)N[C@@H](CCCCN)C(=O)N/C(=C\CCNC(=N)N)C(N)=O)[C@@H](O)CN. The van der Waals surface area contributed by atoms with Crippen LogP contribution in [0.5, 0.6) is 0 Å². The first-order valence-corrected chi connectivity index (χ1v) is 24.2. The van der Waals surface area contributed by atoms with Crippen LogP contribution in [0.1, 0.15) is 83.2 Å². The third-order valence-electron chi connectivity index (χ3n) is 11.4. The van der Waals surface area contributed by atoms with Crippen LogP contribution in [-0.4, -0.2) is 180 Å². The lowest BCUT2D eigenvalue weighted by molar-refractivity contribution is -0.136. The molecule has 23 N–H and O–H groups in total. The number of aromatic nitrogens is 2. The molecular formula is C44H77N19O10. The van der Waals surface area contributed by atoms with E-state index in [0.29, 0.717) is 44.3 Å². The molecule has 9 amide bonds. The second-order valence-electron chi connectivity index (χ2n) is 17.2. The summed E-state index contributed by atoms with van der Waals surface area (Å²) in [6, 6.07) is -7.54. The number of nitrogens with two attached hydrogens (primary N) is 6. The molecule has 1 saturated heterocycles. The number of carbonyl (C=O) groups is 9. The summed E-state index contributed by atoms with van der Waals surface area (Å²) in [6.45, 7) is 1.51. The molecule has 7 atom stereocenters. The Balaban J connectivity index is 2.23. The standard InChI is InChI=1S/C44H77N19O10/c1-25(57-42(72)35(33(64)21-47)62-38(68)27(48)10-4-6-17-52-2)37(67)55-23-34(65)58-30(12-7-16-46)43(73)63-19-9-14-32(63)41(71)61-31(20-26-22-53-24-56-26)40(70)60-29(11-3-5-15-45)39(69)59-28(36(49)66)13-8-18-54-44(50)51/h13,22,24-25,27,29,31-33,35,52,64H,3-12,14-21,23,45-48H2,1-2H3,(H2,49,66)(H,53,56)(H,55,67)(H,57,72)(H,59,69)(H,60,70)(H,61,71)(H,62,68)(H4,50,51,54)/b28-13-,58-30+/t25-,27-,29-,31-,32-,33-,35-/m0/s1. The second kappa shape index (κ2) is 33.7. The summed E-state index contributed by atoms with van der Waals surface area (Å²) in [5.41, 5.74) is 33.7. The van der Waals surface area contributed by atoms with Gasteiger partial charge in [0.15, 0.2) is 5.96 Å². The number of hydrogen-bond acceptors (Lipinski definition) is 17. The van der Waals surface area contributed by atoms with Crippen molar-refractivity contribution in [2.75, 3.05) is 52.9 Å². The smallest absolute Gasteiger partial charge is 0.269 e. The van der Waals surface area contributed by atoms with Gasteiger partial charge >= 0.3 is 0 Å². The van der Waals surface area contributed by atoms with E-state index in [-0.39, 0.29) is 75.5 Å². The zero-order valence-corrected chi connectivity index (χ0v) is 41.6. The quantitative estimate of drug-likeness (QED) is 0.0132. The molecule has 0 unspecified atom stereocenters. The highest BCUT2D eigenvalue weighted by molar-refractivity contribution is 6.40. The van der Waals surface area contributed by atoms with Crippen LogP contribution in [0.25, 0.3) is 0 Å². The summed E-state index contributed by atoms with van der Waals surface area (Å²) in [5, 5.41) is 38.2. The van der Waals surface area contributed by atoms with E-state index in [9.17, 15) is 48.3 Å². The Bertz CT molecular complexity index is 2070. The fraction of sp³-hybridized carbons (Fsp3) is 0.636. The van der Waals surface area contributed by atoms with E-state index in [4.69, 9.17) is 39.8 Å². The summed E-state index contributed by atoms with van der Waals surface area (Å²) in [6.07, 6.45) is 5.95. The van der Waals surface area contributed by atoms with Gasteiger partial charge < -0.3 is 91.9 Å². The molecule has 408 valence electrons. The Labute approximate surface area is 423 Å². The van der Waals surface area contributed by atoms with E-state index in [1.807, 2.05) is 0 Å². The van der Waals surface area contributed by atoms with Crippen LogP contribution in [0.4, 0.5) is 0 Å². The lowest BCUT2D eigenvalue weighted by Gasteiger charge is -2.27. The van der Waals surface area contributed by atoms with E-state index in [1.54, 1.807) is 7.05 Å². The third kappa shape index (κ3) is 22.6. The zero-order chi connectivity index (χ0) is 54.5. The molecule has 0 aromatic carbocycles. The molecule has 1 aromatic heterocycles. The maximum atomic E-state index is 14.1. The summed E-state index contributed by atoms with van der Waals surface area (Å²) in [5.74, 6) is -7.79. The highest BCUT2D eigenvalue weighted by Crippen LogP contribution is 2.20. The van der Waals surface area contributed by atoms with Gasteiger partial charge in [0, 0.05) is 37.9 Å². The lowest BCUT2D eigenvalue weighted by Crippen LogP contribution is -2.60. The topological polar surface area (TPSA) is 494 Å². The van der Waals surface area contributed by atoms with Gasteiger partial charge in [0.2, 0.25) is 35.4 Å². The van der Waals surface area contributed by atoms with Crippen molar-refractivity contribution in [2.24, 2.45) is 39.4 Å². The van der Waals surface area contributed by atoms with E-state index >= 15 is 0 Å². The predicted octanol–water partition coefficient (Wildman–Crippen LogP) is -6.75. The molecule has 1 aromatic rings. The molecule has 1 fully saturated rings. The summed E-state index contributed by atoms with van der Waals surface area (Å²) in [7, 11) is 1.79. The Morgan fingerprint density at radius 3 is 2.22 bits per heavy atom. The average Bonchev–Trinajstić information content (AvgIpc) is 4.08.